The third-order valence-corrected chi connectivity index (χ3v) is 4.58. The number of likely N-dealkylation sites (tertiary alicyclic amines) is 2. The number of amides is 1. The number of nitrogens with zero attached hydrogens (tertiary/aromatic N) is 2. The molecule has 0 aromatic heterocycles. The van der Waals surface area contributed by atoms with E-state index in [1.54, 1.807) is 0 Å². The fourth-order valence-electron chi connectivity index (χ4n) is 3.45. The molecule has 5 heteroatoms. The van der Waals surface area contributed by atoms with Gasteiger partial charge in [0.05, 0.1) is 19.1 Å². The minimum atomic E-state index is 0.0760. The second-order valence-corrected chi connectivity index (χ2v) is 5.93. The lowest BCUT2D eigenvalue weighted by Crippen LogP contribution is -2.43. The van der Waals surface area contributed by atoms with Crippen LogP contribution in [0.1, 0.15) is 25.7 Å². The van der Waals surface area contributed by atoms with E-state index in [0.717, 1.165) is 39.2 Å². The number of morpholine rings is 1. The van der Waals surface area contributed by atoms with Crippen molar-refractivity contribution in [2.24, 2.45) is 0 Å². The number of ether oxygens (including phenoxy) is 1. The zero-order valence-electron chi connectivity index (χ0n) is 11.6. The average Bonchev–Trinajstić information content (AvgIpc) is 3.11. The maximum absolute atomic E-state index is 12.3. The second-order valence-electron chi connectivity index (χ2n) is 5.93. The summed E-state index contributed by atoms with van der Waals surface area (Å²) in [6.45, 7) is 6.76. The molecule has 3 saturated heterocycles. The van der Waals surface area contributed by atoms with Crippen LogP contribution in [0.15, 0.2) is 0 Å². The van der Waals surface area contributed by atoms with E-state index in [9.17, 15) is 4.79 Å². The summed E-state index contributed by atoms with van der Waals surface area (Å²) in [5, 5.41) is 3.28. The van der Waals surface area contributed by atoms with Crippen LogP contribution in [-0.2, 0) is 9.53 Å². The van der Waals surface area contributed by atoms with E-state index in [1.807, 2.05) is 4.90 Å². The summed E-state index contributed by atoms with van der Waals surface area (Å²) in [7, 11) is 0. The molecule has 1 amide bonds. The van der Waals surface area contributed by atoms with Gasteiger partial charge >= 0.3 is 0 Å². The molecule has 3 aliphatic rings. The minimum Gasteiger partial charge on any atom is -0.375 e. The Morgan fingerprint density at radius 3 is 2.84 bits per heavy atom. The van der Waals surface area contributed by atoms with E-state index in [0.29, 0.717) is 12.5 Å². The summed E-state index contributed by atoms with van der Waals surface area (Å²) < 4.78 is 5.61. The van der Waals surface area contributed by atoms with Gasteiger partial charge in [0.15, 0.2) is 0 Å². The van der Waals surface area contributed by atoms with E-state index in [2.05, 4.69) is 10.2 Å². The molecule has 3 aliphatic heterocycles. The molecule has 3 rings (SSSR count). The molecule has 1 N–H and O–H groups in total. The van der Waals surface area contributed by atoms with Gasteiger partial charge in [-0.1, -0.05) is 0 Å². The lowest BCUT2D eigenvalue weighted by Gasteiger charge is -2.26. The van der Waals surface area contributed by atoms with Crippen molar-refractivity contribution in [3.8, 4) is 0 Å². The maximum Gasteiger partial charge on any atom is 0.225 e. The normalized spacial score (nSPS) is 32.9. The van der Waals surface area contributed by atoms with Crippen molar-refractivity contribution in [2.75, 3.05) is 45.9 Å². The summed E-state index contributed by atoms with van der Waals surface area (Å²) in [5.41, 5.74) is 0. The Kier molecular flexibility index (Phi) is 4.35. The van der Waals surface area contributed by atoms with E-state index in [1.165, 1.54) is 25.9 Å². The first-order chi connectivity index (χ1) is 9.33. The summed E-state index contributed by atoms with van der Waals surface area (Å²) in [6.07, 6.45) is 4.42. The van der Waals surface area contributed by atoms with Gasteiger partial charge in [-0.15, -0.1) is 0 Å². The highest BCUT2D eigenvalue weighted by molar-refractivity contribution is 5.77. The molecule has 0 saturated carbocycles. The number of carbonyl (C=O) groups excluding carboxylic acids is 1. The summed E-state index contributed by atoms with van der Waals surface area (Å²) in [6, 6.07) is 0.608. The number of rotatable bonds is 3. The molecule has 108 valence electrons. The third kappa shape index (κ3) is 3.27. The van der Waals surface area contributed by atoms with Crippen molar-refractivity contribution < 1.29 is 9.53 Å². The van der Waals surface area contributed by atoms with E-state index in [-0.39, 0.29) is 12.0 Å². The number of nitrogens with one attached hydrogen (secondary N) is 1. The SMILES string of the molecule is O=C(CC1CNCCO1)N1CCC(N2CCCC2)C1. The van der Waals surface area contributed by atoms with E-state index < -0.39 is 0 Å². The average molecular weight is 267 g/mol. The van der Waals surface area contributed by atoms with Gasteiger partial charge in [0.1, 0.15) is 0 Å². The molecular formula is C14H25N3O2. The summed E-state index contributed by atoms with van der Waals surface area (Å²) in [4.78, 5) is 16.9. The molecule has 0 bridgehead atoms. The Morgan fingerprint density at radius 2 is 2.11 bits per heavy atom. The van der Waals surface area contributed by atoms with E-state index >= 15 is 0 Å². The summed E-state index contributed by atoms with van der Waals surface area (Å²) >= 11 is 0. The lowest BCUT2D eigenvalue weighted by atomic mass is 10.2. The molecule has 0 spiro atoms. The van der Waals surface area contributed by atoms with Crippen LogP contribution < -0.4 is 5.32 Å². The molecule has 19 heavy (non-hydrogen) atoms. The Labute approximate surface area is 115 Å². The quantitative estimate of drug-likeness (QED) is 0.785. The Morgan fingerprint density at radius 1 is 1.26 bits per heavy atom. The van der Waals surface area contributed by atoms with Crippen LogP contribution in [0.2, 0.25) is 0 Å². The van der Waals surface area contributed by atoms with Crippen LogP contribution in [0.25, 0.3) is 0 Å². The number of hydrogen-bond donors (Lipinski definition) is 1. The number of hydrogen-bond acceptors (Lipinski definition) is 4. The number of carbonyl (C=O) groups is 1. The van der Waals surface area contributed by atoms with Crippen LogP contribution in [0.5, 0.6) is 0 Å². The molecular weight excluding hydrogens is 242 g/mol. The predicted molar refractivity (Wildman–Crippen MR) is 73.0 cm³/mol. The van der Waals surface area contributed by atoms with Crippen molar-refractivity contribution >= 4 is 5.91 Å². The zero-order valence-corrected chi connectivity index (χ0v) is 11.6. The molecule has 3 heterocycles. The first-order valence-electron chi connectivity index (χ1n) is 7.67. The van der Waals surface area contributed by atoms with Crippen molar-refractivity contribution in [3.05, 3.63) is 0 Å². The van der Waals surface area contributed by atoms with Crippen LogP contribution in [0.4, 0.5) is 0 Å². The van der Waals surface area contributed by atoms with Gasteiger partial charge in [0.2, 0.25) is 5.91 Å². The topological polar surface area (TPSA) is 44.8 Å². The first-order valence-corrected chi connectivity index (χ1v) is 7.67. The van der Waals surface area contributed by atoms with Crippen LogP contribution in [0.3, 0.4) is 0 Å². The lowest BCUT2D eigenvalue weighted by molar-refractivity contribution is -0.133. The highest BCUT2D eigenvalue weighted by Gasteiger charge is 2.32. The minimum absolute atomic E-state index is 0.0760. The molecule has 0 aromatic rings. The van der Waals surface area contributed by atoms with Gasteiger partial charge in [0, 0.05) is 32.2 Å². The zero-order chi connectivity index (χ0) is 13.1. The van der Waals surface area contributed by atoms with Crippen molar-refractivity contribution in [2.45, 2.75) is 37.8 Å². The van der Waals surface area contributed by atoms with Crippen molar-refractivity contribution in [3.63, 3.8) is 0 Å². The van der Waals surface area contributed by atoms with E-state index in [4.69, 9.17) is 4.74 Å². The maximum atomic E-state index is 12.3. The molecule has 0 radical (unpaired) electrons. The van der Waals surface area contributed by atoms with Crippen LogP contribution >= 0.6 is 0 Å². The van der Waals surface area contributed by atoms with Gasteiger partial charge in [-0.25, -0.2) is 0 Å². The van der Waals surface area contributed by atoms with Crippen molar-refractivity contribution in [1.82, 2.24) is 15.1 Å². The van der Waals surface area contributed by atoms with Gasteiger partial charge in [0.25, 0.3) is 0 Å². The molecule has 0 aromatic carbocycles. The molecule has 3 fully saturated rings. The van der Waals surface area contributed by atoms with Gasteiger partial charge < -0.3 is 15.0 Å². The standard InChI is InChI=1S/C14H25N3O2/c18-14(9-13-10-15-4-8-19-13)17-7-3-12(11-17)16-5-1-2-6-16/h12-13,15H,1-11H2. The molecule has 2 atom stereocenters. The summed E-state index contributed by atoms with van der Waals surface area (Å²) in [5.74, 6) is 0.274. The Bertz CT molecular complexity index is 312. The van der Waals surface area contributed by atoms with Gasteiger partial charge in [-0.3, -0.25) is 9.69 Å². The highest BCUT2D eigenvalue weighted by atomic mass is 16.5. The van der Waals surface area contributed by atoms with Crippen LogP contribution in [-0.4, -0.2) is 73.7 Å². The fraction of sp³-hybridized carbons (Fsp3) is 0.929. The van der Waals surface area contributed by atoms with Gasteiger partial charge in [-0.05, 0) is 32.4 Å². The molecule has 2 unspecified atom stereocenters. The van der Waals surface area contributed by atoms with Gasteiger partial charge in [-0.2, -0.15) is 0 Å². The van der Waals surface area contributed by atoms with Crippen LogP contribution in [0, 0.1) is 0 Å². The molecule has 0 aliphatic carbocycles. The first kappa shape index (κ1) is 13.3. The Balaban J connectivity index is 1.45. The van der Waals surface area contributed by atoms with Crippen molar-refractivity contribution in [1.29, 1.82) is 0 Å². The fourth-order valence-corrected chi connectivity index (χ4v) is 3.45. The Hall–Kier alpha value is -0.650. The smallest absolute Gasteiger partial charge is 0.225 e. The molecule has 5 nitrogen and oxygen atoms in total. The second kappa shape index (κ2) is 6.20. The largest absolute Gasteiger partial charge is 0.375 e. The monoisotopic (exact) mass is 267 g/mol. The highest BCUT2D eigenvalue weighted by Crippen LogP contribution is 2.21. The predicted octanol–water partition coefficient (Wildman–Crippen LogP) is 0.0616. The third-order valence-electron chi connectivity index (χ3n) is 4.58.